The second kappa shape index (κ2) is 3.56. The summed E-state index contributed by atoms with van der Waals surface area (Å²) in [5, 5.41) is 3.47. The number of thioether (sulfide) groups is 1. The standard InChI is InChI=1S/C7H10N2S2/c1-7(11-5-8-1)2-9-6-3-10-4-6/h1,5-6,9H,2-4H2. The molecule has 0 unspecified atom stereocenters. The number of aromatic nitrogens is 1. The minimum atomic E-state index is 0.752. The van der Waals surface area contributed by atoms with Gasteiger partial charge in [0, 0.05) is 35.2 Å². The molecular formula is C7H10N2S2. The van der Waals surface area contributed by atoms with Crippen LogP contribution in [0.5, 0.6) is 0 Å². The molecular weight excluding hydrogens is 176 g/mol. The Bertz CT molecular complexity index is 206. The van der Waals surface area contributed by atoms with E-state index in [0.29, 0.717) is 0 Å². The Balaban J connectivity index is 1.74. The first-order valence-electron chi connectivity index (χ1n) is 3.63. The largest absolute Gasteiger partial charge is 0.307 e. The summed E-state index contributed by atoms with van der Waals surface area (Å²) in [6, 6.07) is 0.752. The van der Waals surface area contributed by atoms with Crippen LogP contribution < -0.4 is 5.32 Å². The molecule has 0 saturated carbocycles. The zero-order valence-electron chi connectivity index (χ0n) is 6.12. The third-order valence-corrected chi connectivity index (χ3v) is 3.74. The van der Waals surface area contributed by atoms with Gasteiger partial charge in [-0.05, 0) is 0 Å². The smallest absolute Gasteiger partial charge is 0.0794 e. The van der Waals surface area contributed by atoms with Gasteiger partial charge in [-0.15, -0.1) is 11.3 Å². The maximum atomic E-state index is 4.02. The molecule has 1 aliphatic heterocycles. The van der Waals surface area contributed by atoms with Crippen LogP contribution in [0, 0.1) is 0 Å². The molecule has 0 aliphatic carbocycles. The van der Waals surface area contributed by atoms with E-state index in [0.717, 1.165) is 12.6 Å². The van der Waals surface area contributed by atoms with Crippen molar-refractivity contribution in [2.24, 2.45) is 0 Å². The van der Waals surface area contributed by atoms with Crippen molar-refractivity contribution in [1.29, 1.82) is 0 Å². The number of rotatable bonds is 3. The highest BCUT2D eigenvalue weighted by Gasteiger charge is 2.16. The van der Waals surface area contributed by atoms with Gasteiger partial charge in [0.05, 0.1) is 5.51 Å². The maximum Gasteiger partial charge on any atom is 0.0794 e. The molecule has 1 aliphatic rings. The lowest BCUT2D eigenvalue weighted by atomic mass is 10.3. The summed E-state index contributed by atoms with van der Waals surface area (Å²) in [5.41, 5.74) is 1.88. The van der Waals surface area contributed by atoms with Crippen molar-refractivity contribution in [3.05, 3.63) is 16.6 Å². The quantitative estimate of drug-likeness (QED) is 0.771. The van der Waals surface area contributed by atoms with Crippen molar-refractivity contribution >= 4 is 23.1 Å². The molecule has 0 radical (unpaired) electrons. The number of hydrogen-bond donors (Lipinski definition) is 1. The monoisotopic (exact) mass is 186 g/mol. The minimum absolute atomic E-state index is 0.752. The van der Waals surface area contributed by atoms with Crippen LogP contribution in [-0.2, 0) is 6.54 Å². The summed E-state index contributed by atoms with van der Waals surface area (Å²) in [7, 11) is 0. The SMILES string of the molecule is c1ncc(CNC2CSC2)s1. The van der Waals surface area contributed by atoms with Crippen LogP contribution in [0.3, 0.4) is 0 Å². The topological polar surface area (TPSA) is 24.9 Å². The van der Waals surface area contributed by atoms with E-state index in [1.165, 1.54) is 16.4 Å². The molecule has 1 aromatic rings. The Labute approximate surface area is 74.4 Å². The zero-order chi connectivity index (χ0) is 7.52. The Morgan fingerprint density at radius 2 is 2.55 bits per heavy atom. The van der Waals surface area contributed by atoms with Crippen LogP contribution in [0.2, 0.25) is 0 Å². The summed E-state index contributed by atoms with van der Waals surface area (Å²) in [5.74, 6) is 2.55. The highest BCUT2D eigenvalue weighted by atomic mass is 32.2. The van der Waals surface area contributed by atoms with Crippen LogP contribution in [0.1, 0.15) is 4.88 Å². The lowest BCUT2D eigenvalue weighted by Crippen LogP contribution is -2.39. The fourth-order valence-corrected chi connectivity index (χ4v) is 2.18. The molecule has 60 valence electrons. The second-order valence-corrected chi connectivity index (χ2v) is 4.63. The first kappa shape index (κ1) is 7.58. The van der Waals surface area contributed by atoms with E-state index in [-0.39, 0.29) is 0 Å². The lowest BCUT2D eigenvalue weighted by molar-refractivity contribution is 0.587. The van der Waals surface area contributed by atoms with Gasteiger partial charge in [0.1, 0.15) is 0 Å². The van der Waals surface area contributed by atoms with Crippen molar-refractivity contribution in [2.45, 2.75) is 12.6 Å². The Hall–Kier alpha value is -0.0600. The average Bonchev–Trinajstić information content (AvgIpc) is 2.36. The maximum absolute atomic E-state index is 4.02. The van der Waals surface area contributed by atoms with Gasteiger partial charge >= 0.3 is 0 Å². The van der Waals surface area contributed by atoms with Crippen LogP contribution in [0.25, 0.3) is 0 Å². The molecule has 2 nitrogen and oxygen atoms in total. The van der Waals surface area contributed by atoms with Crippen LogP contribution in [0.4, 0.5) is 0 Å². The first-order chi connectivity index (χ1) is 5.45. The van der Waals surface area contributed by atoms with Crippen molar-refractivity contribution in [2.75, 3.05) is 11.5 Å². The summed E-state index contributed by atoms with van der Waals surface area (Å²) in [6.45, 7) is 0.996. The number of nitrogens with zero attached hydrogens (tertiary/aromatic N) is 1. The zero-order valence-corrected chi connectivity index (χ0v) is 7.75. The Morgan fingerprint density at radius 1 is 1.64 bits per heavy atom. The fraction of sp³-hybridized carbons (Fsp3) is 0.571. The van der Waals surface area contributed by atoms with Gasteiger partial charge in [-0.3, -0.25) is 4.98 Å². The molecule has 1 aromatic heterocycles. The van der Waals surface area contributed by atoms with Crippen molar-refractivity contribution in [3.63, 3.8) is 0 Å². The van der Waals surface area contributed by atoms with Gasteiger partial charge < -0.3 is 5.32 Å². The predicted molar refractivity (Wildman–Crippen MR) is 50.1 cm³/mol. The first-order valence-corrected chi connectivity index (χ1v) is 5.67. The predicted octanol–water partition coefficient (Wildman–Crippen LogP) is 1.35. The summed E-state index contributed by atoms with van der Waals surface area (Å²) in [4.78, 5) is 5.35. The lowest BCUT2D eigenvalue weighted by Gasteiger charge is -2.25. The Kier molecular flexibility index (Phi) is 2.45. The molecule has 0 atom stereocenters. The van der Waals surface area contributed by atoms with Gasteiger partial charge in [0.25, 0.3) is 0 Å². The van der Waals surface area contributed by atoms with E-state index < -0.39 is 0 Å². The average molecular weight is 186 g/mol. The number of thiazole rings is 1. The molecule has 0 amide bonds. The number of nitrogens with one attached hydrogen (secondary N) is 1. The molecule has 1 saturated heterocycles. The van der Waals surface area contributed by atoms with Crippen LogP contribution in [0.15, 0.2) is 11.7 Å². The molecule has 2 heterocycles. The highest BCUT2D eigenvalue weighted by Crippen LogP contribution is 2.18. The van der Waals surface area contributed by atoms with Gasteiger partial charge in [-0.25, -0.2) is 0 Å². The van der Waals surface area contributed by atoms with Crippen molar-refractivity contribution < 1.29 is 0 Å². The van der Waals surface area contributed by atoms with Crippen LogP contribution in [-0.4, -0.2) is 22.5 Å². The molecule has 0 aromatic carbocycles. The molecule has 2 rings (SSSR count). The summed E-state index contributed by atoms with van der Waals surface area (Å²) >= 11 is 3.73. The van der Waals surface area contributed by atoms with E-state index in [1.807, 2.05) is 23.5 Å². The van der Waals surface area contributed by atoms with E-state index >= 15 is 0 Å². The van der Waals surface area contributed by atoms with Gasteiger partial charge in [-0.1, -0.05) is 0 Å². The minimum Gasteiger partial charge on any atom is -0.307 e. The summed E-state index contributed by atoms with van der Waals surface area (Å²) in [6.07, 6.45) is 1.93. The molecule has 0 spiro atoms. The molecule has 4 heteroatoms. The van der Waals surface area contributed by atoms with E-state index in [9.17, 15) is 0 Å². The fourth-order valence-electron chi connectivity index (χ4n) is 0.928. The summed E-state index contributed by atoms with van der Waals surface area (Å²) < 4.78 is 0. The molecule has 1 N–H and O–H groups in total. The molecule has 11 heavy (non-hydrogen) atoms. The second-order valence-electron chi connectivity index (χ2n) is 2.58. The van der Waals surface area contributed by atoms with Gasteiger partial charge in [0.2, 0.25) is 0 Å². The molecule has 0 bridgehead atoms. The van der Waals surface area contributed by atoms with Gasteiger partial charge in [-0.2, -0.15) is 11.8 Å². The Morgan fingerprint density at radius 3 is 3.09 bits per heavy atom. The van der Waals surface area contributed by atoms with E-state index in [1.54, 1.807) is 11.3 Å². The van der Waals surface area contributed by atoms with Crippen molar-refractivity contribution in [3.8, 4) is 0 Å². The highest BCUT2D eigenvalue weighted by molar-refractivity contribution is 8.00. The normalized spacial score (nSPS) is 18.2. The van der Waals surface area contributed by atoms with Crippen molar-refractivity contribution in [1.82, 2.24) is 10.3 Å². The number of hydrogen-bond acceptors (Lipinski definition) is 4. The third kappa shape index (κ3) is 1.95. The van der Waals surface area contributed by atoms with Crippen LogP contribution >= 0.6 is 23.1 Å². The third-order valence-electron chi connectivity index (χ3n) is 1.69. The van der Waals surface area contributed by atoms with E-state index in [4.69, 9.17) is 0 Å². The van der Waals surface area contributed by atoms with E-state index in [2.05, 4.69) is 10.3 Å². The van der Waals surface area contributed by atoms with Gasteiger partial charge in [0.15, 0.2) is 0 Å². The molecule has 1 fully saturated rings.